The van der Waals surface area contributed by atoms with Crippen molar-refractivity contribution < 1.29 is 0 Å². The molecule has 0 saturated heterocycles. The number of fused-ring (bicyclic) bond motifs is 1. The van der Waals surface area contributed by atoms with E-state index in [0.29, 0.717) is 12.5 Å². The summed E-state index contributed by atoms with van der Waals surface area (Å²) in [5, 5.41) is 4.47. The summed E-state index contributed by atoms with van der Waals surface area (Å²) < 4.78 is 0. The Morgan fingerprint density at radius 1 is 1.18 bits per heavy atom. The fraction of sp³-hybridized carbons (Fsp3) is 0.294. The number of thiophene rings is 1. The third-order valence-corrected chi connectivity index (χ3v) is 4.62. The van der Waals surface area contributed by atoms with Gasteiger partial charge in [-0.25, -0.2) is 9.97 Å². The van der Waals surface area contributed by atoms with Crippen molar-refractivity contribution in [2.24, 2.45) is 11.7 Å². The molecule has 1 aromatic carbocycles. The molecule has 3 aromatic rings. The highest BCUT2D eigenvalue weighted by molar-refractivity contribution is 7.15. The average Bonchev–Trinajstić information content (AvgIpc) is 3.01. The fourth-order valence-electron chi connectivity index (χ4n) is 2.29. The van der Waals surface area contributed by atoms with Gasteiger partial charge in [-0.3, -0.25) is 0 Å². The first-order chi connectivity index (χ1) is 10.7. The molecule has 114 valence electrons. The number of anilines is 1. The van der Waals surface area contributed by atoms with Crippen molar-refractivity contribution in [3.63, 3.8) is 0 Å². The van der Waals surface area contributed by atoms with Crippen LogP contribution in [0.5, 0.6) is 0 Å². The van der Waals surface area contributed by atoms with Crippen LogP contribution in [0, 0.1) is 5.92 Å². The molecule has 5 heteroatoms. The van der Waals surface area contributed by atoms with Gasteiger partial charge in [-0.05, 0) is 35.7 Å². The van der Waals surface area contributed by atoms with E-state index in [9.17, 15) is 0 Å². The molecule has 0 aliphatic carbocycles. The Morgan fingerprint density at radius 2 is 2.05 bits per heavy atom. The Morgan fingerprint density at radius 3 is 2.77 bits per heavy atom. The van der Waals surface area contributed by atoms with E-state index < -0.39 is 0 Å². The average molecular weight is 312 g/mol. The summed E-state index contributed by atoms with van der Waals surface area (Å²) in [6, 6.07) is 10.5. The smallest absolute Gasteiger partial charge is 0.137 e. The van der Waals surface area contributed by atoms with Crippen LogP contribution in [-0.2, 0) is 6.54 Å². The standard InChI is InChI=1S/C17H20N4S/c1-11(2)9-19-17-14-7-12(3-5-15(14)20-10-21-17)16-6-4-13(8-18)22-16/h3-7,10-11H,8-9,18H2,1-2H3,(H,19,20,21). The van der Waals surface area contributed by atoms with Crippen LogP contribution in [0.15, 0.2) is 36.7 Å². The lowest BCUT2D eigenvalue weighted by Gasteiger charge is -2.11. The molecule has 0 bridgehead atoms. The number of nitrogens with zero attached hydrogens (tertiary/aromatic N) is 2. The number of aromatic nitrogens is 2. The normalized spacial score (nSPS) is 11.3. The molecule has 3 rings (SSSR count). The van der Waals surface area contributed by atoms with E-state index in [4.69, 9.17) is 5.73 Å². The summed E-state index contributed by atoms with van der Waals surface area (Å²) in [5.41, 5.74) is 7.84. The van der Waals surface area contributed by atoms with E-state index in [0.717, 1.165) is 23.3 Å². The van der Waals surface area contributed by atoms with Gasteiger partial charge < -0.3 is 11.1 Å². The summed E-state index contributed by atoms with van der Waals surface area (Å²) in [5.74, 6) is 1.47. The predicted molar refractivity (Wildman–Crippen MR) is 94.1 cm³/mol. The summed E-state index contributed by atoms with van der Waals surface area (Å²) in [7, 11) is 0. The zero-order valence-electron chi connectivity index (χ0n) is 12.8. The van der Waals surface area contributed by atoms with Gasteiger partial charge in [-0.15, -0.1) is 11.3 Å². The Kier molecular flexibility index (Phi) is 4.36. The Balaban J connectivity index is 2.01. The second-order valence-corrected chi connectivity index (χ2v) is 6.87. The zero-order valence-corrected chi connectivity index (χ0v) is 13.7. The van der Waals surface area contributed by atoms with E-state index in [1.54, 1.807) is 17.7 Å². The molecular formula is C17H20N4S. The highest BCUT2D eigenvalue weighted by atomic mass is 32.1. The van der Waals surface area contributed by atoms with E-state index in [-0.39, 0.29) is 0 Å². The monoisotopic (exact) mass is 312 g/mol. The highest BCUT2D eigenvalue weighted by Gasteiger charge is 2.08. The number of benzene rings is 1. The lowest BCUT2D eigenvalue weighted by molar-refractivity contribution is 0.687. The molecule has 2 aromatic heterocycles. The minimum absolute atomic E-state index is 0.567. The maximum atomic E-state index is 5.70. The van der Waals surface area contributed by atoms with E-state index >= 15 is 0 Å². The van der Waals surface area contributed by atoms with Crippen LogP contribution in [0.2, 0.25) is 0 Å². The molecule has 0 fully saturated rings. The van der Waals surface area contributed by atoms with Gasteiger partial charge in [0.1, 0.15) is 12.1 Å². The second kappa shape index (κ2) is 6.42. The van der Waals surface area contributed by atoms with Gasteiger partial charge in [0.15, 0.2) is 0 Å². The minimum Gasteiger partial charge on any atom is -0.369 e. The van der Waals surface area contributed by atoms with Crippen molar-refractivity contribution >= 4 is 28.1 Å². The number of nitrogens with one attached hydrogen (secondary N) is 1. The van der Waals surface area contributed by atoms with Crippen LogP contribution in [0.1, 0.15) is 18.7 Å². The maximum absolute atomic E-state index is 5.70. The van der Waals surface area contributed by atoms with Gasteiger partial charge in [0, 0.05) is 28.2 Å². The van der Waals surface area contributed by atoms with Gasteiger partial charge >= 0.3 is 0 Å². The maximum Gasteiger partial charge on any atom is 0.137 e. The number of nitrogens with two attached hydrogens (primary N) is 1. The largest absolute Gasteiger partial charge is 0.369 e. The molecule has 2 heterocycles. The van der Waals surface area contributed by atoms with Crippen LogP contribution in [0.3, 0.4) is 0 Å². The van der Waals surface area contributed by atoms with Crippen molar-refractivity contribution in [1.29, 1.82) is 0 Å². The van der Waals surface area contributed by atoms with Crippen LogP contribution in [0.4, 0.5) is 5.82 Å². The van der Waals surface area contributed by atoms with Crippen molar-refractivity contribution in [1.82, 2.24) is 9.97 Å². The molecule has 0 aliphatic heterocycles. The quantitative estimate of drug-likeness (QED) is 0.750. The van der Waals surface area contributed by atoms with Gasteiger partial charge in [-0.1, -0.05) is 19.9 Å². The molecule has 0 spiro atoms. The van der Waals surface area contributed by atoms with Crippen LogP contribution >= 0.6 is 11.3 Å². The molecule has 3 N–H and O–H groups in total. The number of rotatable bonds is 5. The molecule has 0 atom stereocenters. The summed E-state index contributed by atoms with van der Waals surface area (Å²) >= 11 is 1.73. The summed E-state index contributed by atoms with van der Waals surface area (Å²) in [6.45, 7) is 5.85. The third kappa shape index (κ3) is 3.10. The fourth-order valence-corrected chi connectivity index (χ4v) is 3.18. The lowest BCUT2D eigenvalue weighted by atomic mass is 10.1. The van der Waals surface area contributed by atoms with Crippen molar-refractivity contribution in [2.45, 2.75) is 20.4 Å². The van der Waals surface area contributed by atoms with Crippen molar-refractivity contribution in [3.8, 4) is 10.4 Å². The Hall–Kier alpha value is -1.98. The summed E-state index contributed by atoms with van der Waals surface area (Å²) in [4.78, 5) is 11.2. The first kappa shape index (κ1) is 14.9. The van der Waals surface area contributed by atoms with E-state index in [1.807, 2.05) is 0 Å². The number of hydrogen-bond acceptors (Lipinski definition) is 5. The Labute approximate surface area is 134 Å². The second-order valence-electron chi connectivity index (χ2n) is 5.70. The van der Waals surface area contributed by atoms with Gasteiger partial charge in [0.25, 0.3) is 0 Å². The van der Waals surface area contributed by atoms with Crippen molar-refractivity contribution in [2.75, 3.05) is 11.9 Å². The molecule has 4 nitrogen and oxygen atoms in total. The highest BCUT2D eigenvalue weighted by Crippen LogP contribution is 2.31. The molecule has 0 aliphatic rings. The third-order valence-electron chi connectivity index (χ3n) is 3.46. The van der Waals surface area contributed by atoms with Crippen LogP contribution < -0.4 is 11.1 Å². The van der Waals surface area contributed by atoms with Gasteiger partial charge in [0.05, 0.1) is 5.52 Å². The molecule has 0 radical (unpaired) electrons. The SMILES string of the molecule is CC(C)CNc1ncnc2ccc(-c3ccc(CN)s3)cc12. The van der Waals surface area contributed by atoms with E-state index in [2.05, 4.69) is 59.5 Å². The minimum atomic E-state index is 0.567. The molecule has 22 heavy (non-hydrogen) atoms. The molecule has 0 saturated carbocycles. The first-order valence-corrected chi connectivity index (χ1v) is 8.27. The van der Waals surface area contributed by atoms with Crippen LogP contribution in [0.25, 0.3) is 21.3 Å². The lowest BCUT2D eigenvalue weighted by Crippen LogP contribution is -2.09. The topological polar surface area (TPSA) is 63.8 Å². The van der Waals surface area contributed by atoms with Gasteiger partial charge in [-0.2, -0.15) is 0 Å². The molecule has 0 amide bonds. The molecule has 0 unspecified atom stereocenters. The zero-order chi connectivity index (χ0) is 15.5. The van der Waals surface area contributed by atoms with E-state index in [1.165, 1.54) is 15.3 Å². The first-order valence-electron chi connectivity index (χ1n) is 7.45. The van der Waals surface area contributed by atoms with Crippen molar-refractivity contribution in [3.05, 3.63) is 41.5 Å². The molecular weight excluding hydrogens is 292 g/mol. The Bertz CT molecular complexity index is 779. The number of hydrogen-bond donors (Lipinski definition) is 2. The van der Waals surface area contributed by atoms with Crippen LogP contribution in [-0.4, -0.2) is 16.5 Å². The summed E-state index contributed by atoms with van der Waals surface area (Å²) in [6.07, 6.45) is 1.61. The van der Waals surface area contributed by atoms with Gasteiger partial charge in [0.2, 0.25) is 0 Å². The predicted octanol–water partition coefficient (Wildman–Crippen LogP) is 3.88.